The van der Waals surface area contributed by atoms with Crippen LogP contribution in [0.5, 0.6) is 5.75 Å². The number of carbonyl (C=O) groups is 1. The van der Waals surface area contributed by atoms with Gasteiger partial charge in [0.2, 0.25) is 0 Å². The molecular formula is C15H15BrN2O2. The van der Waals surface area contributed by atoms with Gasteiger partial charge in [-0.15, -0.1) is 0 Å². The van der Waals surface area contributed by atoms with Gasteiger partial charge in [-0.25, -0.2) is 0 Å². The Morgan fingerprint density at radius 1 is 1.30 bits per heavy atom. The lowest BCUT2D eigenvalue weighted by Gasteiger charge is -2.10. The van der Waals surface area contributed by atoms with Gasteiger partial charge in [0.05, 0.1) is 5.69 Å². The van der Waals surface area contributed by atoms with Crippen molar-refractivity contribution in [1.29, 1.82) is 0 Å². The fraction of sp³-hybridized carbons (Fsp3) is 0.133. The zero-order chi connectivity index (χ0) is 14.5. The second-order valence-corrected chi connectivity index (χ2v) is 5.19. The molecule has 0 radical (unpaired) electrons. The molecule has 0 saturated heterocycles. The van der Waals surface area contributed by atoms with Crippen LogP contribution in [0, 0.1) is 6.92 Å². The van der Waals surface area contributed by atoms with E-state index in [2.05, 4.69) is 21.2 Å². The standard InChI is InChI=1S/C15H15BrN2O2/c1-10-6-7-11(8-12(10)16)18-15(19)9-20-14-5-3-2-4-13(14)17/h2-8H,9,17H2,1H3,(H,18,19). The van der Waals surface area contributed by atoms with Crippen molar-refractivity contribution in [1.82, 2.24) is 0 Å². The van der Waals surface area contributed by atoms with Crippen molar-refractivity contribution in [3.8, 4) is 5.75 Å². The molecule has 0 saturated carbocycles. The number of nitrogen functional groups attached to an aromatic ring is 1. The molecule has 0 bridgehead atoms. The number of hydrogen-bond acceptors (Lipinski definition) is 3. The quantitative estimate of drug-likeness (QED) is 0.842. The van der Waals surface area contributed by atoms with Crippen molar-refractivity contribution in [2.24, 2.45) is 0 Å². The number of anilines is 2. The summed E-state index contributed by atoms with van der Waals surface area (Å²) in [7, 11) is 0. The topological polar surface area (TPSA) is 64.3 Å². The maximum absolute atomic E-state index is 11.8. The van der Waals surface area contributed by atoms with Crippen molar-refractivity contribution in [2.45, 2.75) is 6.92 Å². The Morgan fingerprint density at radius 3 is 2.75 bits per heavy atom. The lowest BCUT2D eigenvalue weighted by molar-refractivity contribution is -0.118. The minimum absolute atomic E-state index is 0.0836. The molecule has 0 spiro atoms. The third-order valence-electron chi connectivity index (χ3n) is 2.73. The summed E-state index contributed by atoms with van der Waals surface area (Å²) in [5.74, 6) is 0.275. The molecule has 3 N–H and O–H groups in total. The van der Waals surface area contributed by atoms with Crippen LogP contribution in [0.25, 0.3) is 0 Å². The van der Waals surface area contributed by atoms with Crippen LogP contribution < -0.4 is 15.8 Å². The Kier molecular flexibility index (Phi) is 4.63. The van der Waals surface area contributed by atoms with E-state index in [1.54, 1.807) is 18.2 Å². The molecule has 0 atom stereocenters. The van der Waals surface area contributed by atoms with Crippen LogP contribution >= 0.6 is 15.9 Å². The summed E-state index contributed by atoms with van der Waals surface area (Å²) in [6.07, 6.45) is 0. The number of rotatable bonds is 4. The van der Waals surface area contributed by atoms with Gasteiger partial charge in [0.15, 0.2) is 6.61 Å². The van der Waals surface area contributed by atoms with Crippen molar-refractivity contribution in [3.63, 3.8) is 0 Å². The van der Waals surface area contributed by atoms with Gasteiger partial charge in [0, 0.05) is 10.2 Å². The molecular weight excluding hydrogens is 320 g/mol. The molecule has 2 aromatic rings. The Bertz CT molecular complexity index is 629. The molecule has 0 aliphatic heterocycles. The normalized spacial score (nSPS) is 10.1. The second-order valence-electron chi connectivity index (χ2n) is 4.34. The van der Waals surface area contributed by atoms with E-state index in [9.17, 15) is 4.79 Å². The van der Waals surface area contributed by atoms with E-state index in [0.29, 0.717) is 11.4 Å². The molecule has 0 unspecified atom stereocenters. The first-order valence-corrected chi connectivity index (χ1v) is 6.89. The van der Waals surface area contributed by atoms with Crippen LogP contribution in [0.1, 0.15) is 5.56 Å². The fourth-order valence-electron chi connectivity index (χ4n) is 1.62. The molecule has 0 fully saturated rings. The zero-order valence-electron chi connectivity index (χ0n) is 11.0. The number of amides is 1. The van der Waals surface area contributed by atoms with Gasteiger partial charge < -0.3 is 15.8 Å². The molecule has 5 heteroatoms. The van der Waals surface area contributed by atoms with Gasteiger partial charge >= 0.3 is 0 Å². The number of aryl methyl sites for hydroxylation is 1. The van der Waals surface area contributed by atoms with Gasteiger partial charge in [-0.2, -0.15) is 0 Å². The molecule has 0 aromatic heterocycles. The lowest BCUT2D eigenvalue weighted by Crippen LogP contribution is -2.20. The number of ether oxygens (including phenoxy) is 1. The van der Waals surface area contributed by atoms with Crippen molar-refractivity contribution < 1.29 is 9.53 Å². The van der Waals surface area contributed by atoms with Crippen molar-refractivity contribution >= 4 is 33.2 Å². The fourth-order valence-corrected chi connectivity index (χ4v) is 2.00. The van der Waals surface area contributed by atoms with E-state index in [1.165, 1.54) is 0 Å². The number of carbonyl (C=O) groups excluding carboxylic acids is 1. The highest BCUT2D eigenvalue weighted by Crippen LogP contribution is 2.21. The predicted octanol–water partition coefficient (Wildman–Crippen LogP) is 3.36. The van der Waals surface area contributed by atoms with Crippen LogP contribution in [0.4, 0.5) is 11.4 Å². The van der Waals surface area contributed by atoms with Crippen LogP contribution in [0.3, 0.4) is 0 Å². The largest absolute Gasteiger partial charge is 0.482 e. The minimum Gasteiger partial charge on any atom is -0.482 e. The zero-order valence-corrected chi connectivity index (χ0v) is 12.6. The third-order valence-corrected chi connectivity index (χ3v) is 3.59. The SMILES string of the molecule is Cc1ccc(NC(=O)COc2ccccc2N)cc1Br. The highest BCUT2D eigenvalue weighted by Gasteiger charge is 2.06. The summed E-state index contributed by atoms with van der Waals surface area (Å²) in [6, 6.07) is 12.7. The first-order chi connectivity index (χ1) is 9.56. The molecule has 2 aromatic carbocycles. The number of nitrogens with two attached hydrogens (primary N) is 1. The first kappa shape index (κ1) is 14.4. The molecule has 104 valence electrons. The molecule has 4 nitrogen and oxygen atoms in total. The van der Waals surface area contributed by atoms with Crippen molar-refractivity contribution in [3.05, 3.63) is 52.5 Å². The Hall–Kier alpha value is -2.01. The summed E-state index contributed by atoms with van der Waals surface area (Å²) >= 11 is 3.42. The van der Waals surface area contributed by atoms with Crippen LogP contribution in [-0.2, 0) is 4.79 Å². The molecule has 2 rings (SSSR count). The summed E-state index contributed by atoms with van der Waals surface area (Å²) in [5.41, 5.74) is 8.07. The first-order valence-electron chi connectivity index (χ1n) is 6.09. The van der Waals surface area contributed by atoms with E-state index in [4.69, 9.17) is 10.5 Å². The van der Waals surface area contributed by atoms with Gasteiger partial charge in [-0.1, -0.05) is 34.1 Å². The smallest absolute Gasteiger partial charge is 0.262 e. The second kappa shape index (κ2) is 6.43. The summed E-state index contributed by atoms with van der Waals surface area (Å²) in [4.78, 5) is 11.8. The molecule has 1 amide bonds. The van der Waals surface area contributed by atoms with Crippen LogP contribution in [0.15, 0.2) is 46.9 Å². The van der Waals surface area contributed by atoms with E-state index >= 15 is 0 Å². The molecule has 0 heterocycles. The number of halogens is 1. The van der Waals surface area contributed by atoms with Crippen LogP contribution in [0.2, 0.25) is 0 Å². The number of hydrogen-bond donors (Lipinski definition) is 2. The molecule has 0 aliphatic carbocycles. The van der Waals surface area contributed by atoms with Gasteiger partial charge in [-0.3, -0.25) is 4.79 Å². The van der Waals surface area contributed by atoms with Crippen molar-refractivity contribution in [2.75, 3.05) is 17.7 Å². The third kappa shape index (κ3) is 3.74. The lowest BCUT2D eigenvalue weighted by atomic mass is 10.2. The van der Waals surface area contributed by atoms with Gasteiger partial charge in [-0.05, 0) is 36.8 Å². The number of para-hydroxylation sites is 2. The summed E-state index contributed by atoms with van der Waals surface area (Å²) < 4.78 is 6.32. The highest BCUT2D eigenvalue weighted by atomic mass is 79.9. The van der Waals surface area contributed by atoms with E-state index in [-0.39, 0.29) is 12.5 Å². The van der Waals surface area contributed by atoms with Gasteiger partial charge in [0.25, 0.3) is 5.91 Å². The van der Waals surface area contributed by atoms with Crippen LogP contribution in [-0.4, -0.2) is 12.5 Å². The summed E-state index contributed by atoms with van der Waals surface area (Å²) in [5, 5.41) is 2.76. The maximum Gasteiger partial charge on any atom is 0.262 e. The van der Waals surface area contributed by atoms with E-state index < -0.39 is 0 Å². The average molecular weight is 335 g/mol. The highest BCUT2D eigenvalue weighted by molar-refractivity contribution is 9.10. The van der Waals surface area contributed by atoms with E-state index in [1.807, 2.05) is 31.2 Å². The summed E-state index contributed by atoms with van der Waals surface area (Å²) in [6.45, 7) is 1.90. The molecule has 0 aliphatic rings. The van der Waals surface area contributed by atoms with Gasteiger partial charge in [0.1, 0.15) is 5.75 Å². The maximum atomic E-state index is 11.8. The number of benzene rings is 2. The Labute approximate surface area is 126 Å². The Balaban J connectivity index is 1.93. The Morgan fingerprint density at radius 2 is 2.05 bits per heavy atom. The average Bonchev–Trinajstić information content (AvgIpc) is 2.42. The number of nitrogens with one attached hydrogen (secondary N) is 1. The minimum atomic E-state index is -0.232. The van der Waals surface area contributed by atoms with E-state index in [0.717, 1.165) is 15.7 Å². The monoisotopic (exact) mass is 334 g/mol. The molecule has 20 heavy (non-hydrogen) atoms. The predicted molar refractivity (Wildman–Crippen MR) is 83.9 cm³/mol.